The lowest BCUT2D eigenvalue weighted by Gasteiger charge is -2.31. The normalized spacial score (nSPS) is 24.2. The molecule has 3 heteroatoms. The molecule has 1 N–H and O–H groups in total. The molecular formula is C15H20BrFO. The van der Waals surface area contributed by atoms with Crippen LogP contribution in [0, 0.1) is 17.2 Å². The van der Waals surface area contributed by atoms with Gasteiger partial charge in [-0.1, -0.05) is 36.2 Å². The monoisotopic (exact) mass is 314 g/mol. The minimum atomic E-state index is -0.388. The van der Waals surface area contributed by atoms with Crippen LogP contribution in [-0.2, 0) is 6.42 Å². The van der Waals surface area contributed by atoms with Crippen LogP contribution in [0.25, 0.3) is 0 Å². The lowest BCUT2D eigenvalue weighted by molar-refractivity contribution is 0.0541. The predicted octanol–water partition coefficient (Wildman–Crippen LogP) is 4.32. The second-order valence-electron chi connectivity index (χ2n) is 5.99. The van der Waals surface area contributed by atoms with E-state index < -0.39 is 0 Å². The van der Waals surface area contributed by atoms with Gasteiger partial charge in [-0.2, -0.15) is 0 Å². The molecule has 2 unspecified atom stereocenters. The first-order valence-electron chi connectivity index (χ1n) is 6.52. The summed E-state index contributed by atoms with van der Waals surface area (Å²) in [5.74, 6) is 0.0683. The first-order valence-corrected chi connectivity index (χ1v) is 7.31. The van der Waals surface area contributed by atoms with Crippen LogP contribution in [0.5, 0.6) is 0 Å². The lowest BCUT2D eigenvalue weighted by atomic mass is 9.77. The van der Waals surface area contributed by atoms with E-state index in [-0.39, 0.29) is 17.3 Å². The number of hydrogen-bond acceptors (Lipinski definition) is 1. The van der Waals surface area contributed by atoms with Gasteiger partial charge in [0.15, 0.2) is 0 Å². The van der Waals surface area contributed by atoms with Crippen molar-refractivity contribution in [3.63, 3.8) is 0 Å². The van der Waals surface area contributed by atoms with Crippen LogP contribution < -0.4 is 0 Å². The van der Waals surface area contributed by atoms with Gasteiger partial charge in [0.1, 0.15) is 5.82 Å². The van der Waals surface area contributed by atoms with Crippen LogP contribution in [0.15, 0.2) is 22.7 Å². The highest BCUT2D eigenvalue weighted by atomic mass is 79.9. The third kappa shape index (κ3) is 2.94. The molecular weight excluding hydrogens is 295 g/mol. The summed E-state index contributed by atoms with van der Waals surface area (Å²) >= 11 is 3.42. The summed E-state index contributed by atoms with van der Waals surface area (Å²) in [6.45, 7) is 4.43. The Morgan fingerprint density at radius 1 is 1.50 bits per heavy atom. The van der Waals surface area contributed by atoms with Gasteiger partial charge < -0.3 is 5.11 Å². The largest absolute Gasteiger partial charge is 0.392 e. The van der Waals surface area contributed by atoms with Crippen LogP contribution in [0.2, 0.25) is 0 Å². The van der Waals surface area contributed by atoms with Gasteiger partial charge in [0.2, 0.25) is 0 Å². The maximum Gasteiger partial charge on any atom is 0.123 e. The highest BCUT2D eigenvalue weighted by Crippen LogP contribution is 2.45. The number of benzene rings is 1. The number of halogens is 2. The molecule has 100 valence electrons. The Balaban J connectivity index is 2.11. The van der Waals surface area contributed by atoms with Crippen molar-refractivity contribution in [2.24, 2.45) is 11.3 Å². The van der Waals surface area contributed by atoms with Crippen molar-refractivity contribution in [3.05, 3.63) is 34.1 Å². The van der Waals surface area contributed by atoms with E-state index in [4.69, 9.17) is 0 Å². The van der Waals surface area contributed by atoms with Crippen molar-refractivity contribution in [2.45, 2.75) is 45.6 Å². The Labute approximate surface area is 117 Å². The molecule has 2 atom stereocenters. The molecule has 0 aromatic heterocycles. The first kappa shape index (κ1) is 14.0. The highest BCUT2D eigenvalue weighted by molar-refractivity contribution is 9.10. The van der Waals surface area contributed by atoms with Gasteiger partial charge in [-0.15, -0.1) is 0 Å². The summed E-state index contributed by atoms with van der Waals surface area (Å²) in [6.07, 6.45) is 3.55. The molecule has 0 amide bonds. The number of aliphatic hydroxyl groups excluding tert-OH is 1. The van der Waals surface area contributed by atoms with E-state index in [2.05, 4.69) is 29.8 Å². The van der Waals surface area contributed by atoms with Crippen molar-refractivity contribution in [1.82, 2.24) is 0 Å². The Morgan fingerprint density at radius 3 is 2.83 bits per heavy atom. The smallest absolute Gasteiger partial charge is 0.123 e. The molecule has 18 heavy (non-hydrogen) atoms. The van der Waals surface area contributed by atoms with Gasteiger partial charge in [-0.05, 0) is 54.4 Å². The molecule has 1 aliphatic carbocycles. The van der Waals surface area contributed by atoms with Gasteiger partial charge in [-0.25, -0.2) is 4.39 Å². The van der Waals surface area contributed by atoms with Crippen LogP contribution in [0.3, 0.4) is 0 Å². The molecule has 2 rings (SSSR count). The van der Waals surface area contributed by atoms with Crippen molar-refractivity contribution < 1.29 is 9.50 Å². The molecule has 0 aliphatic heterocycles. The molecule has 1 aromatic rings. The van der Waals surface area contributed by atoms with Crippen LogP contribution in [0.1, 0.15) is 38.7 Å². The summed E-state index contributed by atoms with van der Waals surface area (Å²) in [5.41, 5.74) is 1.05. The maximum atomic E-state index is 13.2. The minimum absolute atomic E-state index is 0.194. The summed E-state index contributed by atoms with van der Waals surface area (Å²) in [7, 11) is 0. The van der Waals surface area contributed by atoms with Crippen molar-refractivity contribution >= 4 is 15.9 Å². The standard InChI is InChI=1S/C15H20BrFO/c1-15(2)7-3-4-12(15)14(18)9-10-8-11(17)5-6-13(10)16/h5-6,8,12,14,18H,3-4,7,9H2,1-2H3. The molecule has 1 aromatic carbocycles. The average molecular weight is 315 g/mol. The van der Waals surface area contributed by atoms with Crippen LogP contribution >= 0.6 is 15.9 Å². The summed E-state index contributed by atoms with van der Waals surface area (Å²) in [4.78, 5) is 0. The van der Waals surface area contributed by atoms with Crippen LogP contribution in [0.4, 0.5) is 4.39 Å². The minimum Gasteiger partial charge on any atom is -0.392 e. The fraction of sp³-hybridized carbons (Fsp3) is 0.600. The number of hydrogen-bond donors (Lipinski definition) is 1. The molecule has 1 nitrogen and oxygen atoms in total. The van der Waals surface area contributed by atoms with Crippen molar-refractivity contribution in [2.75, 3.05) is 0 Å². The van der Waals surface area contributed by atoms with E-state index in [1.807, 2.05) is 0 Å². The zero-order valence-electron chi connectivity index (χ0n) is 10.9. The Hall–Kier alpha value is -0.410. The zero-order chi connectivity index (χ0) is 13.3. The van der Waals surface area contributed by atoms with Gasteiger partial charge >= 0.3 is 0 Å². The van der Waals surface area contributed by atoms with Gasteiger partial charge in [0, 0.05) is 4.47 Å². The van der Waals surface area contributed by atoms with Gasteiger partial charge in [0.05, 0.1) is 6.10 Å². The average Bonchev–Trinajstić information content (AvgIpc) is 2.63. The fourth-order valence-electron chi connectivity index (χ4n) is 3.13. The Kier molecular flexibility index (Phi) is 4.12. The van der Waals surface area contributed by atoms with E-state index in [0.717, 1.165) is 16.5 Å². The maximum absolute atomic E-state index is 13.2. The Morgan fingerprint density at radius 2 is 2.22 bits per heavy atom. The highest BCUT2D eigenvalue weighted by Gasteiger charge is 2.38. The fourth-order valence-corrected chi connectivity index (χ4v) is 3.54. The topological polar surface area (TPSA) is 20.2 Å². The second-order valence-corrected chi connectivity index (χ2v) is 6.85. The molecule has 0 radical (unpaired) electrons. The van der Waals surface area contributed by atoms with E-state index in [1.54, 1.807) is 6.07 Å². The van der Waals surface area contributed by atoms with E-state index >= 15 is 0 Å². The number of aliphatic hydroxyl groups is 1. The molecule has 1 fully saturated rings. The van der Waals surface area contributed by atoms with Gasteiger partial charge in [0.25, 0.3) is 0 Å². The van der Waals surface area contributed by atoms with Crippen LogP contribution in [-0.4, -0.2) is 11.2 Å². The number of rotatable bonds is 3. The molecule has 1 saturated carbocycles. The molecule has 1 aliphatic rings. The zero-order valence-corrected chi connectivity index (χ0v) is 12.5. The summed E-state index contributed by atoms with van der Waals surface area (Å²) < 4.78 is 14.1. The van der Waals surface area contributed by atoms with E-state index in [0.29, 0.717) is 12.3 Å². The van der Waals surface area contributed by atoms with E-state index in [9.17, 15) is 9.50 Å². The predicted molar refractivity (Wildman–Crippen MR) is 74.9 cm³/mol. The summed E-state index contributed by atoms with van der Waals surface area (Å²) in [6, 6.07) is 4.64. The molecule has 0 saturated heterocycles. The van der Waals surface area contributed by atoms with Gasteiger partial charge in [-0.3, -0.25) is 0 Å². The molecule has 0 heterocycles. The second kappa shape index (κ2) is 5.30. The Bertz CT molecular complexity index is 431. The first-order chi connectivity index (χ1) is 8.40. The van der Waals surface area contributed by atoms with Crippen molar-refractivity contribution in [3.8, 4) is 0 Å². The molecule has 0 spiro atoms. The third-order valence-electron chi connectivity index (χ3n) is 4.24. The lowest BCUT2D eigenvalue weighted by Crippen LogP contribution is -2.31. The van der Waals surface area contributed by atoms with Crippen molar-refractivity contribution in [1.29, 1.82) is 0 Å². The quantitative estimate of drug-likeness (QED) is 0.881. The summed E-state index contributed by atoms with van der Waals surface area (Å²) in [5, 5.41) is 10.4. The SMILES string of the molecule is CC1(C)CCCC1C(O)Cc1cc(F)ccc1Br. The third-order valence-corrected chi connectivity index (χ3v) is 5.01. The van der Waals surface area contributed by atoms with E-state index in [1.165, 1.54) is 25.0 Å². The molecule has 0 bridgehead atoms.